The van der Waals surface area contributed by atoms with Crippen molar-refractivity contribution in [2.45, 2.75) is 63.5 Å². The molecule has 6 heterocycles. The topological polar surface area (TPSA) is 117 Å². The van der Waals surface area contributed by atoms with Gasteiger partial charge in [-0.15, -0.1) is 0 Å². The summed E-state index contributed by atoms with van der Waals surface area (Å²) in [5.41, 5.74) is 0. The first-order chi connectivity index (χ1) is 18.4. The smallest absolute Gasteiger partial charge is 0.328 e. The lowest BCUT2D eigenvalue weighted by Crippen LogP contribution is -2.59. The maximum Gasteiger partial charge on any atom is 0.328 e. The molecule has 4 bridgehead atoms. The summed E-state index contributed by atoms with van der Waals surface area (Å²) in [7, 11) is 2.76. The Kier molecular flexibility index (Phi) is 8.57. The summed E-state index contributed by atoms with van der Waals surface area (Å²) in [6.07, 6.45) is 6.56. The Morgan fingerprint density at radius 2 is 0.947 bits per heavy atom. The van der Waals surface area contributed by atoms with E-state index in [0.717, 1.165) is 65.0 Å². The van der Waals surface area contributed by atoms with Gasteiger partial charge in [0.2, 0.25) is 11.8 Å². The molecule has 0 aromatic carbocycles. The van der Waals surface area contributed by atoms with Crippen molar-refractivity contribution >= 4 is 23.8 Å². The molecule has 7 fully saturated rings. The van der Waals surface area contributed by atoms with Crippen molar-refractivity contribution in [2.24, 2.45) is 35.5 Å². The standard InChI is InChI=1S/C28H44N4O6/c1-37-27(35)23(21-15-31-11-7-17(21)8-12-31)29-25(33)19-3-5-20(6-4-19)26(34)30-24(28(36)38-2)22-16-32-13-9-18(22)10-14-32/h17-24H,3-16H2,1-2H3,(H,29,33)(H,30,34)/t19-,20-,21-,22-,23?,24?/m0/s1. The van der Waals surface area contributed by atoms with Crippen molar-refractivity contribution in [3.05, 3.63) is 0 Å². The largest absolute Gasteiger partial charge is 0.467 e. The van der Waals surface area contributed by atoms with Crippen LogP contribution < -0.4 is 10.6 Å². The third-order valence-electron chi connectivity index (χ3n) is 10.2. The molecule has 10 nitrogen and oxygen atoms in total. The second-order valence-corrected chi connectivity index (χ2v) is 12.2. The van der Waals surface area contributed by atoms with E-state index in [4.69, 9.17) is 9.47 Å². The number of methoxy groups -OCH3 is 2. The van der Waals surface area contributed by atoms with Crippen LogP contribution in [0.5, 0.6) is 0 Å². The summed E-state index contributed by atoms with van der Waals surface area (Å²) in [5, 5.41) is 6.09. The van der Waals surface area contributed by atoms with Crippen molar-refractivity contribution < 1.29 is 28.7 Å². The van der Waals surface area contributed by atoms with Crippen LogP contribution in [-0.4, -0.2) is 99.1 Å². The Morgan fingerprint density at radius 1 is 0.605 bits per heavy atom. The number of nitrogens with one attached hydrogen (secondary N) is 2. The number of carbonyl (C=O) groups excluding carboxylic acids is 4. The normalized spacial score (nSPS) is 37.5. The minimum atomic E-state index is -0.621. The molecule has 2 N–H and O–H groups in total. The number of ether oxygens (including phenoxy) is 2. The van der Waals surface area contributed by atoms with Crippen LogP contribution in [0.2, 0.25) is 0 Å². The molecular weight excluding hydrogens is 488 g/mol. The number of esters is 2. The molecule has 6 saturated heterocycles. The average molecular weight is 533 g/mol. The van der Waals surface area contributed by atoms with Gasteiger partial charge in [-0.25, -0.2) is 9.59 Å². The van der Waals surface area contributed by atoms with E-state index in [2.05, 4.69) is 20.4 Å². The van der Waals surface area contributed by atoms with Gasteiger partial charge in [-0.2, -0.15) is 0 Å². The van der Waals surface area contributed by atoms with Gasteiger partial charge >= 0.3 is 11.9 Å². The van der Waals surface area contributed by atoms with Crippen LogP contribution in [0.1, 0.15) is 51.4 Å². The second kappa shape index (κ2) is 11.9. The first kappa shape index (κ1) is 27.4. The van der Waals surface area contributed by atoms with Gasteiger partial charge in [-0.3, -0.25) is 9.59 Å². The minimum absolute atomic E-state index is 0.0812. The van der Waals surface area contributed by atoms with Crippen LogP contribution in [0.4, 0.5) is 0 Å². The van der Waals surface area contributed by atoms with E-state index >= 15 is 0 Å². The number of hydrogen-bond acceptors (Lipinski definition) is 8. The van der Waals surface area contributed by atoms with Crippen LogP contribution in [0.25, 0.3) is 0 Å². The molecule has 4 atom stereocenters. The number of fused-ring (bicyclic) bond motifs is 6. The van der Waals surface area contributed by atoms with E-state index in [0.29, 0.717) is 37.5 Å². The van der Waals surface area contributed by atoms with Gasteiger partial charge < -0.3 is 29.9 Å². The minimum Gasteiger partial charge on any atom is -0.467 e. The molecule has 0 aromatic heterocycles. The third-order valence-corrected chi connectivity index (χ3v) is 10.2. The van der Waals surface area contributed by atoms with Crippen LogP contribution in [0, 0.1) is 35.5 Å². The SMILES string of the molecule is COC(=O)C(NC(=O)[C@H]1CC[C@H](C(=O)NC(C(=O)OC)[C@H]2CN3CCC2CC3)CC1)[C@H]1CN2CCC1CC2. The Labute approximate surface area is 225 Å². The zero-order chi connectivity index (χ0) is 26.8. The molecule has 212 valence electrons. The number of hydrogen-bond donors (Lipinski definition) is 2. The molecular formula is C28H44N4O6. The quantitative estimate of drug-likeness (QED) is 0.441. The summed E-state index contributed by atoms with van der Waals surface area (Å²) in [4.78, 5) is 56.5. The summed E-state index contributed by atoms with van der Waals surface area (Å²) < 4.78 is 10.2. The zero-order valence-corrected chi connectivity index (χ0v) is 22.9. The summed E-state index contributed by atoms with van der Waals surface area (Å²) in [5.74, 6) is -0.402. The maximum absolute atomic E-state index is 13.2. The Morgan fingerprint density at radius 3 is 1.21 bits per heavy atom. The highest BCUT2D eigenvalue weighted by Gasteiger charge is 2.45. The predicted molar refractivity (Wildman–Crippen MR) is 139 cm³/mol. The van der Waals surface area contributed by atoms with Crippen LogP contribution >= 0.6 is 0 Å². The Balaban J connectivity index is 1.15. The molecule has 2 amide bonds. The lowest BCUT2D eigenvalue weighted by atomic mass is 9.74. The van der Waals surface area contributed by atoms with Gasteiger partial charge in [0.05, 0.1) is 14.2 Å². The van der Waals surface area contributed by atoms with E-state index in [1.165, 1.54) is 14.2 Å². The van der Waals surface area contributed by atoms with E-state index < -0.39 is 12.1 Å². The lowest BCUT2D eigenvalue weighted by molar-refractivity contribution is -0.151. The molecule has 6 aliphatic heterocycles. The van der Waals surface area contributed by atoms with Crippen molar-refractivity contribution in [2.75, 3.05) is 53.5 Å². The number of nitrogens with zero attached hydrogens (tertiary/aromatic N) is 2. The number of carbonyl (C=O) groups is 4. The zero-order valence-electron chi connectivity index (χ0n) is 22.9. The van der Waals surface area contributed by atoms with Crippen LogP contribution in [-0.2, 0) is 28.7 Å². The molecule has 0 spiro atoms. The van der Waals surface area contributed by atoms with Crippen molar-refractivity contribution in [1.29, 1.82) is 0 Å². The average Bonchev–Trinajstić information content (AvgIpc) is 2.98. The van der Waals surface area contributed by atoms with Crippen molar-refractivity contribution in [1.82, 2.24) is 20.4 Å². The molecule has 1 saturated carbocycles. The number of rotatable bonds is 8. The first-order valence-corrected chi connectivity index (χ1v) is 14.6. The molecule has 0 radical (unpaired) electrons. The van der Waals surface area contributed by atoms with Crippen molar-refractivity contribution in [3.8, 4) is 0 Å². The highest BCUT2D eigenvalue weighted by Crippen LogP contribution is 2.37. The van der Waals surface area contributed by atoms with Crippen LogP contribution in [0.3, 0.4) is 0 Å². The summed E-state index contributed by atoms with van der Waals surface area (Å²) >= 11 is 0. The lowest BCUT2D eigenvalue weighted by Gasteiger charge is -2.47. The molecule has 2 unspecified atom stereocenters. The second-order valence-electron chi connectivity index (χ2n) is 12.2. The van der Waals surface area contributed by atoms with Crippen LogP contribution in [0.15, 0.2) is 0 Å². The monoisotopic (exact) mass is 532 g/mol. The maximum atomic E-state index is 13.2. The van der Waals surface area contributed by atoms with Gasteiger partial charge in [0.25, 0.3) is 0 Å². The van der Waals surface area contributed by atoms with Gasteiger partial charge in [0.1, 0.15) is 12.1 Å². The fraction of sp³-hybridized carbons (Fsp3) is 0.857. The van der Waals surface area contributed by atoms with Gasteiger partial charge in [-0.05, 0) is 89.4 Å². The molecule has 1 aliphatic carbocycles. The predicted octanol–water partition coefficient (Wildman–Crippen LogP) is 0.792. The van der Waals surface area contributed by atoms with E-state index in [-0.39, 0.29) is 47.4 Å². The molecule has 7 rings (SSSR count). The Hall–Kier alpha value is -2.20. The van der Waals surface area contributed by atoms with Gasteiger partial charge in [0, 0.05) is 36.8 Å². The van der Waals surface area contributed by atoms with Gasteiger partial charge in [0.15, 0.2) is 0 Å². The van der Waals surface area contributed by atoms with Crippen molar-refractivity contribution in [3.63, 3.8) is 0 Å². The third kappa shape index (κ3) is 5.71. The number of piperidine rings is 6. The van der Waals surface area contributed by atoms with Gasteiger partial charge in [-0.1, -0.05) is 0 Å². The molecule has 10 heteroatoms. The fourth-order valence-corrected chi connectivity index (χ4v) is 7.87. The summed E-state index contributed by atoms with van der Waals surface area (Å²) in [6, 6.07) is -1.24. The Bertz CT molecular complexity index is 818. The molecule has 38 heavy (non-hydrogen) atoms. The molecule has 0 aromatic rings. The van der Waals surface area contributed by atoms with E-state index in [1.807, 2.05) is 0 Å². The first-order valence-electron chi connectivity index (χ1n) is 14.6. The fourth-order valence-electron chi connectivity index (χ4n) is 7.87. The molecule has 7 aliphatic rings. The van der Waals surface area contributed by atoms with E-state index in [9.17, 15) is 19.2 Å². The van der Waals surface area contributed by atoms with E-state index in [1.54, 1.807) is 0 Å². The highest BCUT2D eigenvalue weighted by atomic mass is 16.5. The number of amides is 2. The summed E-state index contributed by atoms with van der Waals surface area (Å²) in [6.45, 7) is 5.88. The highest BCUT2D eigenvalue weighted by molar-refractivity contribution is 5.88.